The molecule has 0 aliphatic rings. The average Bonchev–Trinajstić information content (AvgIpc) is 2.37. The fourth-order valence-corrected chi connectivity index (χ4v) is 1.57. The van der Waals surface area contributed by atoms with Crippen molar-refractivity contribution in [1.29, 1.82) is 0 Å². The molecule has 18 heavy (non-hydrogen) atoms. The molecular weight excluding hydrogens is 235 g/mol. The maximum atomic E-state index is 13.5. The number of rotatable bonds is 4. The van der Waals surface area contributed by atoms with Crippen molar-refractivity contribution in [1.82, 2.24) is 0 Å². The van der Waals surface area contributed by atoms with Crippen molar-refractivity contribution in [3.8, 4) is 11.5 Å². The number of benzene rings is 2. The summed E-state index contributed by atoms with van der Waals surface area (Å²) in [6.07, 6.45) is 0.543. The zero-order valence-corrected chi connectivity index (χ0v) is 9.47. The second-order valence-electron chi connectivity index (χ2n) is 3.73. The van der Waals surface area contributed by atoms with Gasteiger partial charge in [-0.25, -0.2) is 4.39 Å². The van der Waals surface area contributed by atoms with Crippen molar-refractivity contribution in [3.05, 3.63) is 59.4 Å². The highest BCUT2D eigenvalue weighted by atomic mass is 19.1. The molecular formula is C14H11FO3. The molecule has 0 saturated heterocycles. The Morgan fingerprint density at radius 1 is 1.22 bits per heavy atom. The van der Waals surface area contributed by atoms with Gasteiger partial charge >= 0.3 is 0 Å². The second kappa shape index (κ2) is 5.31. The van der Waals surface area contributed by atoms with E-state index in [-0.39, 0.29) is 23.7 Å². The molecule has 2 aromatic carbocycles. The summed E-state index contributed by atoms with van der Waals surface area (Å²) in [5, 5.41) is 9.28. The smallest absolute Gasteiger partial charge is 0.165 e. The molecule has 92 valence electrons. The van der Waals surface area contributed by atoms with E-state index in [0.717, 1.165) is 0 Å². The predicted molar refractivity (Wildman–Crippen MR) is 64.2 cm³/mol. The third-order valence-corrected chi connectivity index (χ3v) is 2.42. The summed E-state index contributed by atoms with van der Waals surface area (Å²) in [4.78, 5) is 10.8. The minimum atomic E-state index is -0.584. The standard InChI is InChI=1S/C14H11FO3/c15-13-6-2-4-11(8-16)14(13)18-9-10-3-1-5-12(17)7-10/h1-8,17H,9H2. The fraction of sp³-hybridized carbons (Fsp3) is 0.0714. The van der Waals surface area contributed by atoms with Crippen LogP contribution < -0.4 is 4.74 Å². The van der Waals surface area contributed by atoms with Crippen molar-refractivity contribution < 1.29 is 19.0 Å². The van der Waals surface area contributed by atoms with Crippen LogP contribution in [0.4, 0.5) is 4.39 Å². The molecule has 2 aromatic rings. The lowest BCUT2D eigenvalue weighted by Crippen LogP contribution is -2.00. The first-order chi connectivity index (χ1) is 8.70. The van der Waals surface area contributed by atoms with Crippen molar-refractivity contribution in [2.75, 3.05) is 0 Å². The molecule has 0 heterocycles. The highest BCUT2D eigenvalue weighted by molar-refractivity contribution is 5.79. The Labute approximate surface area is 103 Å². The largest absolute Gasteiger partial charge is 0.508 e. The van der Waals surface area contributed by atoms with Crippen LogP contribution in [0.25, 0.3) is 0 Å². The maximum absolute atomic E-state index is 13.5. The molecule has 4 heteroatoms. The molecule has 3 nitrogen and oxygen atoms in total. The van der Waals surface area contributed by atoms with Gasteiger partial charge in [0.25, 0.3) is 0 Å². The molecule has 0 fully saturated rings. The van der Waals surface area contributed by atoms with Gasteiger partial charge in [-0.1, -0.05) is 18.2 Å². The minimum Gasteiger partial charge on any atom is -0.508 e. The molecule has 0 saturated carbocycles. The van der Waals surface area contributed by atoms with Crippen molar-refractivity contribution in [2.45, 2.75) is 6.61 Å². The number of phenolic OH excluding ortho intramolecular Hbond substituents is 1. The van der Waals surface area contributed by atoms with Crippen molar-refractivity contribution in [2.24, 2.45) is 0 Å². The Morgan fingerprint density at radius 2 is 2.00 bits per heavy atom. The molecule has 0 aromatic heterocycles. The Hall–Kier alpha value is -2.36. The first-order valence-electron chi connectivity index (χ1n) is 5.35. The Kier molecular flexibility index (Phi) is 3.57. The van der Waals surface area contributed by atoms with E-state index in [9.17, 15) is 14.3 Å². The number of ether oxygens (including phenoxy) is 1. The van der Waals surface area contributed by atoms with Gasteiger partial charge in [0, 0.05) is 0 Å². The number of hydrogen-bond acceptors (Lipinski definition) is 3. The molecule has 0 amide bonds. The average molecular weight is 246 g/mol. The van der Waals surface area contributed by atoms with Crippen LogP contribution in [0.5, 0.6) is 11.5 Å². The van der Waals surface area contributed by atoms with Crippen LogP contribution in [0, 0.1) is 5.82 Å². The summed E-state index contributed by atoms with van der Waals surface area (Å²) in [6.45, 7) is 0.0795. The van der Waals surface area contributed by atoms with Gasteiger partial charge in [-0.05, 0) is 29.8 Å². The van der Waals surface area contributed by atoms with E-state index in [0.29, 0.717) is 11.8 Å². The van der Waals surface area contributed by atoms with Gasteiger partial charge in [0.15, 0.2) is 17.9 Å². The van der Waals surface area contributed by atoms with E-state index < -0.39 is 5.82 Å². The number of aldehydes is 1. The van der Waals surface area contributed by atoms with Crippen LogP contribution >= 0.6 is 0 Å². The summed E-state index contributed by atoms with van der Waals surface area (Å²) in [6, 6.07) is 10.6. The van der Waals surface area contributed by atoms with E-state index >= 15 is 0 Å². The third-order valence-electron chi connectivity index (χ3n) is 2.42. The lowest BCUT2D eigenvalue weighted by Gasteiger charge is -2.09. The number of carbonyl (C=O) groups excluding carboxylic acids is 1. The van der Waals surface area contributed by atoms with Gasteiger partial charge < -0.3 is 9.84 Å². The molecule has 0 radical (unpaired) electrons. The van der Waals surface area contributed by atoms with E-state index in [1.165, 1.54) is 30.3 Å². The zero-order valence-electron chi connectivity index (χ0n) is 9.47. The molecule has 0 aliphatic heterocycles. The van der Waals surface area contributed by atoms with Gasteiger partial charge in [-0.15, -0.1) is 0 Å². The Balaban J connectivity index is 2.18. The number of carbonyl (C=O) groups is 1. The molecule has 0 unspecified atom stereocenters. The van der Waals surface area contributed by atoms with Gasteiger partial charge in [-0.3, -0.25) is 4.79 Å². The van der Waals surface area contributed by atoms with Crippen molar-refractivity contribution >= 4 is 6.29 Å². The summed E-state index contributed by atoms with van der Waals surface area (Å²) in [5.74, 6) is -0.546. The molecule has 0 bridgehead atoms. The monoisotopic (exact) mass is 246 g/mol. The molecule has 0 atom stereocenters. The first-order valence-corrected chi connectivity index (χ1v) is 5.35. The molecule has 0 aliphatic carbocycles. The van der Waals surface area contributed by atoms with Gasteiger partial charge in [-0.2, -0.15) is 0 Å². The van der Waals surface area contributed by atoms with Crippen LogP contribution in [-0.4, -0.2) is 11.4 Å². The van der Waals surface area contributed by atoms with Crippen LogP contribution in [0.3, 0.4) is 0 Å². The van der Waals surface area contributed by atoms with Crippen molar-refractivity contribution in [3.63, 3.8) is 0 Å². The summed E-state index contributed by atoms with van der Waals surface area (Å²) < 4.78 is 18.8. The second-order valence-corrected chi connectivity index (χ2v) is 3.73. The van der Waals surface area contributed by atoms with Gasteiger partial charge in [0.2, 0.25) is 0 Å². The van der Waals surface area contributed by atoms with E-state index in [1.54, 1.807) is 12.1 Å². The van der Waals surface area contributed by atoms with Crippen LogP contribution in [0.1, 0.15) is 15.9 Å². The summed E-state index contributed by atoms with van der Waals surface area (Å²) in [5.41, 5.74) is 0.852. The predicted octanol–water partition coefficient (Wildman–Crippen LogP) is 2.92. The van der Waals surface area contributed by atoms with Gasteiger partial charge in [0.1, 0.15) is 12.4 Å². The first kappa shape index (κ1) is 12.1. The quantitative estimate of drug-likeness (QED) is 0.844. The van der Waals surface area contributed by atoms with E-state index in [4.69, 9.17) is 4.74 Å². The Morgan fingerprint density at radius 3 is 2.72 bits per heavy atom. The number of para-hydroxylation sites is 1. The van der Waals surface area contributed by atoms with Crippen LogP contribution in [-0.2, 0) is 6.61 Å². The normalized spacial score (nSPS) is 10.1. The summed E-state index contributed by atoms with van der Waals surface area (Å²) >= 11 is 0. The molecule has 0 spiro atoms. The third kappa shape index (κ3) is 2.66. The number of hydrogen-bond donors (Lipinski definition) is 1. The Bertz CT molecular complexity index is 567. The highest BCUT2D eigenvalue weighted by Gasteiger charge is 2.09. The lowest BCUT2D eigenvalue weighted by atomic mass is 10.2. The van der Waals surface area contributed by atoms with E-state index in [2.05, 4.69) is 0 Å². The van der Waals surface area contributed by atoms with Crippen LogP contribution in [0.15, 0.2) is 42.5 Å². The molecule has 1 N–H and O–H groups in total. The van der Waals surface area contributed by atoms with Gasteiger partial charge in [0.05, 0.1) is 5.56 Å². The number of aromatic hydroxyl groups is 1. The SMILES string of the molecule is O=Cc1cccc(F)c1OCc1cccc(O)c1. The highest BCUT2D eigenvalue weighted by Crippen LogP contribution is 2.22. The number of phenols is 1. The topological polar surface area (TPSA) is 46.5 Å². The molecule has 2 rings (SSSR count). The summed E-state index contributed by atoms with van der Waals surface area (Å²) in [7, 11) is 0. The van der Waals surface area contributed by atoms with Crippen LogP contribution in [0.2, 0.25) is 0 Å². The zero-order chi connectivity index (χ0) is 13.0. The maximum Gasteiger partial charge on any atom is 0.165 e. The minimum absolute atomic E-state index is 0.0733. The lowest BCUT2D eigenvalue weighted by molar-refractivity contribution is 0.111. The van der Waals surface area contributed by atoms with E-state index in [1.807, 2.05) is 0 Å². The number of halogens is 1. The fourth-order valence-electron chi connectivity index (χ4n) is 1.57.